The number of rotatable bonds is 2. The third-order valence-corrected chi connectivity index (χ3v) is 3.46. The largest absolute Gasteiger partial charge is 0.284 e. The van der Waals surface area contributed by atoms with E-state index in [0.717, 1.165) is 11.1 Å². The first-order valence-electron chi connectivity index (χ1n) is 6.66. The SMILES string of the molecule is CCc1cc2c(cc1F)c(C#N)cn2-c1ncc(C)cn1. The molecule has 0 saturated heterocycles. The summed E-state index contributed by atoms with van der Waals surface area (Å²) in [5.41, 5.74) is 2.72. The number of nitrogens with zero attached hydrogens (tertiary/aromatic N) is 4. The van der Waals surface area contributed by atoms with Gasteiger partial charge in [-0.3, -0.25) is 4.57 Å². The molecular formula is C16H13FN4. The van der Waals surface area contributed by atoms with Crippen LogP contribution in [0.3, 0.4) is 0 Å². The van der Waals surface area contributed by atoms with E-state index in [2.05, 4.69) is 16.0 Å². The van der Waals surface area contributed by atoms with E-state index in [1.54, 1.807) is 29.2 Å². The summed E-state index contributed by atoms with van der Waals surface area (Å²) in [5, 5.41) is 9.81. The summed E-state index contributed by atoms with van der Waals surface area (Å²) in [7, 11) is 0. The van der Waals surface area contributed by atoms with Crippen LogP contribution in [0.2, 0.25) is 0 Å². The first-order chi connectivity index (χ1) is 10.1. The van der Waals surface area contributed by atoms with E-state index in [1.165, 1.54) is 6.07 Å². The molecule has 0 fully saturated rings. The number of benzene rings is 1. The minimum absolute atomic E-state index is 0.288. The van der Waals surface area contributed by atoms with E-state index in [4.69, 9.17) is 0 Å². The van der Waals surface area contributed by atoms with Crippen molar-refractivity contribution in [3.63, 3.8) is 0 Å². The Bertz CT molecular complexity index is 857. The van der Waals surface area contributed by atoms with Crippen molar-refractivity contribution in [1.82, 2.24) is 14.5 Å². The summed E-state index contributed by atoms with van der Waals surface area (Å²) < 4.78 is 15.7. The molecule has 104 valence electrons. The highest BCUT2D eigenvalue weighted by molar-refractivity contribution is 5.88. The van der Waals surface area contributed by atoms with Crippen LogP contribution in [0.15, 0.2) is 30.7 Å². The molecule has 0 amide bonds. The average molecular weight is 280 g/mol. The van der Waals surface area contributed by atoms with Crippen LogP contribution in [0, 0.1) is 24.1 Å². The number of nitriles is 1. The van der Waals surface area contributed by atoms with Crippen molar-refractivity contribution in [2.45, 2.75) is 20.3 Å². The van der Waals surface area contributed by atoms with Gasteiger partial charge in [-0.2, -0.15) is 5.26 Å². The molecule has 0 aliphatic rings. The molecule has 0 unspecified atom stereocenters. The predicted molar refractivity (Wildman–Crippen MR) is 77.7 cm³/mol. The van der Waals surface area contributed by atoms with Crippen molar-refractivity contribution in [3.8, 4) is 12.0 Å². The second kappa shape index (κ2) is 4.98. The monoisotopic (exact) mass is 280 g/mol. The number of aromatic nitrogens is 3. The lowest BCUT2D eigenvalue weighted by molar-refractivity contribution is 0.614. The zero-order valence-electron chi connectivity index (χ0n) is 11.8. The number of hydrogen-bond donors (Lipinski definition) is 0. The Labute approximate surface area is 121 Å². The minimum atomic E-state index is -0.288. The van der Waals surface area contributed by atoms with E-state index in [9.17, 15) is 9.65 Å². The van der Waals surface area contributed by atoms with Gasteiger partial charge in [-0.05, 0) is 36.6 Å². The first-order valence-corrected chi connectivity index (χ1v) is 6.66. The summed E-state index contributed by atoms with van der Waals surface area (Å²) in [6.07, 6.45) is 5.66. The fourth-order valence-corrected chi connectivity index (χ4v) is 2.32. The van der Waals surface area contributed by atoms with Crippen LogP contribution in [-0.4, -0.2) is 14.5 Å². The van der Waals surface area contributed by atoms with E-state index >= 15 is 0 Å². The Morgan fingerprint density at radius 1 is 1.29 bits per heavy atom. The van der Waals surface area contributed by atoms with E-state index in [-0.39, 0.29) is 5.82 Å². The van der Waals surface area contributed by atoms with Gasteiger partial charge in [0.1, 0.15) is 11.9 Å². The molecule has 4 nitrogen and oxygen atoms in total. The molecule has 0 aliphatic heterocycles. The second-order valence-corrected chi connectivity index (χ2v) is 4.90. The van der Waals surface area contributed by atoms with E-state index in [0.29, 0.717) is 28.9 Å². The highest BCUT2D eigenvalue weighted by Crippen LogP contribution is 2.26. The normalized spacial score (nSPS) is 10.8. The zero-order chi connectivity index (χ0) is 15.0. The average Bonchev–Trinajstić information content (AvgIpc) is 2.84. The predicted octanol–water partition coefficient (Wildman–Crippen LogP) is 3.30. The van der Waals surface area contributed by atoms with Crippen molar-refractivity contribution < 1.29 is 4.39 Å². The quantitative estimate of drug-likeness (QED) is 0.723. The lowest BCUT2D eigenvalue weighted by Crippen LogP contribution is -2.00. The highest BCUT2D eigenvalue weighted by atomic mass is 19.1. The van der Waals surface area contributed by atoms with Crippen molar-refractivity contribution >= 4 is 10.9 Å². The van der Waals surface area contributed by atoms with Gasteiger partial charge < -0.3 is 0 Å². The van der Waals surface area contributed by atoms with Crippen LogP contribution in [0.5, 0.6) is 0 Å². The van der Waals surface area contributed by atoms with Crippen molar-refractivity contribution in [1.29, 1.82) is 5.26 Å². The molecule has 0 N–H and O–H groups in total. The summed E-state index contributed by atoms with van der Waals surface area (Å²) in [5.74, 6) is 0.185. The van der Waals surface area contributed by atoms with Crippen molar-refractivity contribution in [2.75, 3.05) is 0 Å². The smallest absolute Gasteiger partial charge is 0.234 e. The molecule has 3 aromatic rings. The molecule has 3 rings (SSSR count). The molecule has 0 radical (unpaired) electrons. The van der Waals surface area contributed by atoms with Gasteiger partial charge in [0.25, 0.3) is 0 Å². The Kier molecular flexibility index (Phi) is 3.15. The summed E-state index contributed by atoms with van der Waals surface area (Å²) in [6.45, 7) is 3.80. The van der Waals surface area contributed by atoms with Gasteiger partial charge in [-0.25, -0.2) is 14.4 Å². The van der Waals surface area contributed by atoms with Gasteiger partial charge in [0.2, 0.25) is 5.95 Å². The van der Waals surface area contributed by atoms with Gasteiger partial charge in [-0.1, -0.05) is 6.92 Å². The van der Waals surface area contributed by atoms with E-state index in [1.807, 2.05) is 13.8 Å². The molecule has 21 heavy (non-hydrogen) atoms. The Hall–Kier alpha value is -2.74. The molecule has 2 heterocycles. The van der Waals surface area contributed by atoms with E-state index < -0.39 is 0 Å². The first kappa shape index (κ1) is 13.3. The molecule has 0 bridgehead atoms. The number of hydrogen-bond acceptors (Lipinski definition) is 3. The second-order valence-electron chi connectivity index (χ2n) is 4.90. The maximum absolute atomic E-state index is 14.0. The van der Waals surface area contributed by atoms with Crippen LogP contribution < -0.4 is 0 Å². The standard InChI is InChI=1S/C16H13FN4/c1-3-11-4-15-13(5-14(11)17)12(6-18)9-21(15)16-19-7-10(2)8-20-16/h4-5,7-9H,3H2,1-2H3. The van der Waals surface area contributed by atoms with Gasteiger partial charge >= 0.3 is 0 Å². The molecule has 2 aromatic heterocycles. The van der Waals surface area contributed by atoms with Gasteiger partial charge in [-0.15, -0.1) is 0 Å². The van der Waals surface area contributed by atoms with Crippen LogP contribution in [-0.2, 0) is 6.42 Å². The molecular weight excluding hydrogens is 267 g/mol. The lowest BCUT2D eigenvalue weighted by Gasteiger charge is -2.05. The van der Waals surface area contributed by atoms with Gasteiger partial charge in [0.15, 0.2) is 0 Å². The fraction of sp³-hybridized carbons (Fsp3) is 0.188. The third-order valence-electron chi connectivity index (χ3n) is 3.46. The number of aryl methyl sites for hydroxylation is 2. The third kappa shape index (κ3) is 2.15. The number of fused-ring (bicyclic) bond motifs is 1. The molecule has 5 heteroatoms. The van der Waals surface area contributed by atoms with Crippen LogP contribution in [0.1, 0.15) is 23.6 Å². The molecule has 0 atom stereocenters. The fourth-order valence-electron chi connectivity index (χ4n) is 2.32. The minimum Gasteiger partial charge on any atom is -0.284 e. The lowest BCUT2D eigenvalue weighted by atomic mass is 10.1. The van der Waals surface area contributed by atoms with Crippen LogP contribution >= 0.6 is 0 Å². The zero-order valence-corrected chi connectivity index (χ0v) is 11.8. The Morgan fingerprint density at radius 2 is 2.00 bits per heavy atom. The summed E-state index contributed by atoms with van der Waals surface area (Å²) in [6, 6.07) is 5.27. The maximum Gasteiger partial charge on any atom is 0.234 e. The topological polar surface area (TPSA) is 54.5 Å². The Balaban J connectivity index is 2.32. The van der Waals surface area contributed by atoms with Crippen molar-refractivity contribution in [2.24, 2.45) is 0 Å². The number of halogens is 1. The molecule has 0 aliphatic carbocycles. The molecule has 1 aromatic carbocycles. The molecule has 0 saturated carbocycles. The molecule has 0 spiro atoms. The summed E-state index contributed by atoms with van der Waals surface area (Å²) in [4.78, 5) is 8.55. The van der Waals surface area contributed by atoms with Crippen LogP contribution in [0.4, 0.5) is 4.39 Å². The van der Waals surface area contributed by atoms with Crippen LogP contribution in [0.25, 0.3) is 16.9 Å². The van der Waals surface area contributed by atoms with Crippen molar-refractivity contribution in [3.05, 3.63) is 53.2 Å². The summed E-state index contributed by atoms with van der Waals surface area (Å²) >= 11 is 0. The van der Waals surface area contributed by atoms with Gasteiger partial charge in [0.05, 0.1) is 11.1 Å². The Morgan fingerprint density at radius 3 is 2.62 bits per heavy atom. The highest BCUT2D eigenvalue weighted by Gasteiger charge is 2.14. The maximum atomic E-state index is 14.0. The van der Waals surface area contributed by atoms with Gasteiger partial charge in [0, 0.05) is 24.0 Å².